The van der Waals surface area contributed by atoms with Gasteiger partial charge >= 0.3 is 5.97 Å². The van der Waals surface area contributed by atoms with E-state index in [2.05, 4.69) is 27.0 Å². The number of carbonyl (C=O) groups excluding carboxylic acids is 1. The largest absolute Gasteiger partial charge is 0.426 e. The number of ether oxygens (including phenoxy) is 1. The number of rotatable bonds is 7. The first-order valence-corrected chi connectivity index (χ1v) is 12.1. The van der Waals surface area contributed by atoms with Gasteiger partial charge in [0, 0.05) is 49.0 Å². The van der Waals surface area contributed by atoms with Crippen molar-refractivity contribution in [1.82, 2.24) is 9.88 Å². The number of hydrogen-bond acceptors (Lipinski definition) is 5. The Hall–Kier alpha value is -3.30. The van der Waals surface area contributed by atoms with E-state index in [9.17, 15) is 4.79 Å². The lowest BCUT2D eigenvalue weighted by Crippen LogP contribution is -2.46. The Morgan fingerprint density at radius 3 is 2.47 bits per heavy atom. The first kappa shape index (κ1) is 23.8. The Labute approximate surface area is 202 Å². The van der Waals surface area contributed by atoms with E-state index in [4.69, 9.17) is 10.00 Å². The average molecular weight is 459 g/mol. The molecule has 1 fully saturated rings. The van der Waals surface area contributed by atoms with Crippen molar-refractivity contribution in [2.45, 2.75) is 40.0 Å². The van der Waals surface area contributed by atoms with Crippen molar-refractivity contribution in [3.63, 3.8) is 0 Å². The zero-order valence-corrected chi connectivity index (χ0v) is 20.4. The quantitative estimate of drug-likeness (QED) is 0.302. The summed E-state index contributed by atoms with van der Waals surface area (Å²) in [6.45, 7) is 10.8. The van der Waals surface area contributed by atoms with Gasteiger partial charge in [-0.1, -0.05) is 0 Å². The molecule has 0 bridgehead atoms. The summed E-state index contributed by atoms with van der Waals surface area (Å²) in [5.74, 6) is 0.381. The summed E-state index contributed by atoms with van der Waals surface area (Å²) in [5.41, 5.74) is 3.78. The maximum absolute atomic E-state index is 12.1. The molecule has 0 spiro atoms. The number of unbranched alkanes of at least 4 members (excludes halogenated alkanes) is 1. The number of aromatic nitrogens is 1. The highest BCUT2D eigenvalue weighted by atomic mass is 16.5. The Morgan fingerprint density at radius 1 is 1.06 bits per heavy atom. The molecule has 1 aliphatic heterocycles. The van der Waals surface area contributed by atoms with E-state index >= 15 is 0 Å². The predicted octanol–water partition coefficient (Wildman–Crippen LogP) is 5.14. The molecule has 3 aromatic rings. The monoisotopic (exact) mass is 458 g/mol. The van der Waals surface area contributed by atoms with Crippen LogP contribution in [0.3, 0.4) is 0 Å². The molecule has 6 heteroatoms. The van der Waals surface area contributed by atoms with E-state index in [0.717, 1.165) is 51.1 Å². The van der Waals surface area contributed by atoms with Gasteiger partial charge in [0.15, 0.2) is 0 Å². The van der Waals surface area contributed by atoms with E-state index in [1.165, 1.54) is 23.1 Å². The molecule has 0 unspecified atom stereocenters. The van der Waals surface area contributed by atoms with Gasteiger partial charge in [0.1, 0.15) is 5.75 Å². The Morgan fingerprint density at radius 2 is 1.79 bits per heavy atom. The second-order valence-corrected chi connectivity index (χ2v) is 10.1. The van der Waals surface area contributed by atoms with Crippen LogP contribution in [0.4, 0.5) is 5.69 Å². The predicted molar refractivity (Wildman–Crippen MR) is 136 cm³/mol. The van der Waals surface area contributed by atoms with E-state index in [-0.39, 0.29) is 5.97 Å². The standard InChI is InChI=1S/C28H34N4O2/c1-28(2,3)27(33)34-24-10-8-23(9-11-24)32-16-14-31(15-17-32)13-5-4-6-22-20-30-26-12-7-21(19-29)18-25(22)26/h7-12,18,20,30H,4-6,13-17H2,1-3H3. The minimum atomic E-state index is -0.509. The molecule has 2 aromatic carbocycles. The summed E-state index contributed by atoms with van der Waals surface area (Å²) in [6, 6.07) is 15.9. The van der Waals surface area contributed by atoms with Gasteiger partial charge in [0.25, 0.3) is 0 Å². The molecule has 0 saturated carbocycles. The van der Waals surface area contributed by atoms with Crippen LogP contribution in [0.15, 0.2) is 48.7 Å². The van der Waals surface area contributed by atoms with Crippen molar-refractivity contribution in [3.8, 4) is 11.8 Å². The van der Waals surface area contributed by atoms with Crippen LogP contribution in [0.1, 0.15) is 44.7 Å². The lowest BCUT2D eigenvalue weighted by atomic mass is 9.97. The molecule has 34 heavy (non-hydrogen) atoms. The topological polar surface area (TPSA) is 72.4 Å². The van der Waals surface area contributed by atoms with Gasteiger partial charge in [-0.25, -0.2) is 0 Å². The summed E-state index contributed by atoms with van der Waals surface area (Å²) < 4.78 is 5.47. The summed E-state index contributed by atoms with van der Waals surface area (Å²) in [7, 11) is 0. The second-order valence-electron chi connectivity index (χ2n) is 10.1. The Kier molecular flexibility index (Phi) is 7.23. The van der Waals surface area contributed by atoms with E-state index in [1.54, 1.807) is 0 Å². The van der Waals surface area contributed by atoms with Gasteiger partial charge in [-0.05, 0) is 94.6 Å². The minimum Gasteiger partial charge on any atom is -0.426 e. The van der Waals surface area contributed by atoms with Gasteiger partial charge < -0.3 is 14.6 Å². The summed E-state index contributed by atoms with van der Waals surface area (Å²) in [4.78, 5) is 20.3. The van der Waals surface area contributed by atoms with Gasteiger partial charge in [-0.2, -0.15) is 5.26 Å². The van der Waals surface area contributed by atoms with E-state index in [0.29, 0.717) is 11.3 Å². The molecular formula is C28H34N4O2. The summed E-state index contributed by atoms with van der Waals surface area (Å²) >= 11 is 0. The summed E-state index contributed by atoms with van der Waals surface area (Å²) in [6.07, 6.45) is 5.41. The maximum Gasteiger partial charge on any atom is 0.316 e. The van der Waals surface area contributed by atoms with E-state index < -0.39 is 5.41 Å². The first-order chi connectivity index (χ1) is 16.3. The number of hydrogen-bond donors (Lipinski definition) is 1. The summed E-state index contributed by atoms with van der Waals surface area (Å²) in [5, 5.41) is 10.3. The van der Waals surface area contributed by atoms with Crippen LogP contribution in [0.5, 0.6) is 5.75 Å². The second kappa shape index (κ2) is 10.3. The number of nitrogens with one attached hydrogen (secondary N) is 1. The van der Waals surface area contributed by atoms with Crippen LogP contribution in [-0.2, 0) is 11.2 Å². The lowest BCUT2D eigenvalue weighted by molar-refractivity contribution is -0.142. The van der Waals surface area contributed by atoms with Crippen LogP contribution in [-0.4, -0.2) is 48.6 Å². The zero-order valence-electron chi connectivity index (χ0n) is 20.4. The molecule has 1 saturated heterocycles. The molecular weight excluding hydrogens is 424 g/mol. The van der Waals surface area contributed by atoms with Gasteiger partial charge in [-0.15, -0.1) is 0 Å². The normalized spacial score (nSPS) is 14.8. The van der Waals surface area contributed by atoms with Crippen molar-refractivity contribution in [2.24, 2.45) is 5.41 Å². The third-order valence-corrected chi connectivity index (χ3v) is 6.46. The molecule has 1 aliphatic rings. The molecule has 0 aliphatic carbocycles. The third kappa shape index (κ3) is 5.78. The molecule has 1 N–H and O–H groups in total. The fourth-order valence-corrected chi connectivity index (χ4v) is 4.32. The highest BCUT2D eigenvalue weighted by molar-refractivity contribution is 5.84. The van der Waals surface area contributed by atoms with Gasteiger partial charge in [0.2, 0.25) is 0 Å². The van der Waals surface area contributed by atoms with Gasteiger partial charge in [0.05, 0.1) is 17.0 Å². The molecule has 6 nitrogen and oxygen atoms in total. The highest BCUT2D eigenvalue weighted by Gasteiger charge is 2.24. The number of anilines is 1. The number of H-pyrrole nitrogens is 1. The third-order valence-electron chi connectivity index (χ3n) is 6.46. The molecule has 4 rings (SSSR count). The van der Waals surface area contributed by atoms with Gasteiger partial charge in [-0.3, -0.25) is 9.69 Å². The fourth-order valence-electron chi connectivity index (χ4n) is 4.32. The Bertz CT molecular complexity index is 1160. The average Bonchev–Trinajstić information content (AvgIpc) is 3.24. The highest BCUT2D eigenvalue weighted by Crippen LogP contribution is 2.24. The van der Waals surface area contributed by atoms with Crippen LogP contribution in [0.25, 0.3) is 10.9 Å². The fraction of sp³-hybridized carbons (Fsp3) is 0.429. The number of fused-ring (bicyclic) bond motifs is 1. The molecule has 178 valence electrons. The smallest absolute Gasteiger partial charge is 0.316 e. The Balaban J connectivity index is 1.20. The van der Waals surface area contributed by atoms with Crippen LogP contribution in [0, 0.1) is 16.7 Å². The van der Waals surface area contributed by atoms with Crippen molar-refractivity contribution in [1.29, 1.82) is 5.26 Å². The van der Waals surface area contributed by atoms with Crippen molar-refractivity contribution >= 4 is 22.6 Å². The zero-order chi connectivity index (χ0) is 24.1. The van der Waals surface area contributed by atoms with Crippen molar-refractivity contribution in [2.75, 3.05) is 37.6 Å². The number of aromatic amines is 1. The van der Waals surface area contributed by atoms with Crippen LogP contribution < -0.4 is 9.64 Å². The molecule has 0 radical (unpaired) electrons. The number of aryl methyl sites for hydroxylation is 1. The number of nitrogens with zero attached hydrogens (tertiary/aromatic N) is 3. The number of piperazine rings is 1. The number of nitriles is 1. The number of benzene rings is 2. The van der Waals surface area contributed by atoms with E-state index in [1.807, 2.05) is 63.2 Å². The van der Waals surface area contributed by atoms with Crippen LogP contribution >= 0.6 is 0 Å². The first-order valence-electron chi connectivity index (χ1n) is 12.1. The SMILES string of the molecule is CC(C)(C)C(=O)Oc1ccc(N2CCN(CCCCc3c[nH]c4ccc(C#N)cc34)CC2)cc1. The minimum absolute atomic E-state index is 0.217. The van der Waals surface area contributed by atoms with Crippen molar-refractivity contribution < 1.29 is 9.53 Å². The van der Waals surface area contributed by atoms with Crippen LogP contribution in [0.2, 0.25) is 0 Å². The maximum atomic E-state index is 12.1. The molecule has 0 atom stereocenters. The number of carbonyl (C=O) groups is 1. The molecule has 1 aromatic heterocycles. The molecule has 2 heterocycles. The number of esters is 1. The lowest BCUT2D eigenvalue weighted by Gasteiger charge is -2.36. The molecule has 0 amide bonds. The van der Waals surface area contributed by atoms with Crippen molar-refractivity contribution in [3.05, 3.63) is 59.8 Å².